The van der Waals surface area contributed by atoms with Crippen LogP contribution in [-0.2, 0) is 6.54 Å². The van der Waals surface area contributed by atoms with Gasteiger partial charge in [0.1, 0.15) is 5.69 Å². The van der Waals surface area contributed by atoms with E-state index in [-0.39, 0.29) is 0 Å². The molecule has 0 atom stereocenters. The molecule has 20 heavy (non-hydrogen) atoms. The maximum absolute atomic E-state index is 6.17. The summed E-state index contributed by atoms with van der Waals surface area (Å²) < 4.78 is 1.83. The zero-order chi connectivity index (χ0) is 14.1. The van der Waals surface area contributed by atoms with Crippen LogP contribution in [0.2, 0.25) is 5.02 Å². The first kappa shape index (κ1) is 13.2. The van der Waals surface area contributed by atoms with Gasteiger partial charge in [-0.25, -0.2) is 0 Å². The van der Waals surface area contributed by atoms with Gasteiger partial charge in [0.2, 0.25) is 0 Å². The topological polar surface area (TPSA) is 43.8 Å². The minimum Gasteiger partial charge on any atom is -0.396 e. The van der Waals surface area contributed by atoms with Crippen LogP contribution in [-0.4, -0.2) is 9.78 Å². The van der Waals surface area contributed by atoms with Crippen LogP contribution in [0.15, 0.2) is 42.6 Å². The van der Waals surface area contributed by atoms with E-state index in [0.29, 0.717) is 12.2 Å². The predicted octanol–water partition coefficient (Wildman–Crippen LogP) is 4.20. The van der Waals surface area contributed by atoms with E-state index in [4.69, 9.17) is 17.3 Å². The van der Waals surface area contributed by atoms with E-state index in [0.717, 1.165) is 21.2 Å². The largest absolute Gasteiger partial charge is 0.396 e. The number of nitrogens with zero attached hydrogens (tertiary/aromatic N) is 2. The average Bonchev–Trinajstić information content (AvgIpc) is 2.98. The van der Waals surface area contributed by atoms with Gasteiger partial charge in [0.25, 0.3) is 0 Å². The minimum absolute atomic E-state index is 0.619. The number of benzene rings is 1. The molecule has 0 aliphatic rings. The fourth-order valence-corrected chi connectivity index (χ4v) is 3.14. The summed E-state index contributed by atoms with van der Waals surface area (Å²) >= 11 is 7.87. The summed E-state index contributed by atoms with van der Waals surface area (Å²) in [5.74, 6) is 0. The lowest BCUT2D eigenvalue weighted by Gasteiger charge is -2.03. The van der Waals surface area contributed by atoms with Crippen LogP contribution < -0.4 is 5.73 Å². The Morgan fingerprint density at radius 1 is 1.25 bits per heavy atom. The van der Waals surface area contributed by atoms with Gasteiger partial charge in [0, 0.05) is 16.1 Å². The fourth-order valence-electron chi connectivity index (χ4n) is 2.07. The molecule has 0 aliphatic carbocycles. The summed E-state index contributed by atoms with van der Waals surface area (Å²) in [5.41, 5.74) is 8.63. The fraction of sp³-hybridized carbons (Fsp3) is 0.133. The summed E-state index contributed by atoms with van der Waals surface area (Å²) in [7, 11) is 0. The van der Waals surface area contributed by atoms with Crippen molar-refractivity contribution in [1.29, 1.82) is 0 Å². The number of aromatic nitrogens is 2. The van der Waals surface area contributed by atoms with Crippen molar-refractivity contribution in [3.05, 3.63) is 58.1 Å². The average molecular weight is 304 g/mol. The van der Waals surface area contributed by atoms with E-state index >= 15 is 0 Å². The van der Waals surface area contributed by atoms with Crippen molar-refractivity contribution in [1.82, 2.24) is 9.78 Å². The third-order valence-corrected chi connectivity index (χ3v) is 4.43. The maximum Gasteiger partial charge on any atom is 0.125 e. The number of rotatable bonds is 3. The number of hydrogen-bond donors (Lipinski definition) is 1. The monoisotopic (exact) mass is 303 g/mol. The van der Waals surface area contributed by atoms with Gasteiger partial charge in [0.15, 0.2) is 0 Å². The molecule has 0 saturated heterocycles. The molecular weight excluding hydrogens is 290 g/mol. The van der Waals surface area contributed by atoms with Crippen LogP contribution in [0.5, 0.6) is 0 Å². The molecule has 3 aromatic rings. The molecule has 0 radical (unpaired) electrons. The molecule has 1 aromatic carbocycles. The van der Waals surface area contributed by atoms with E-state index in [9.17, 15) is 0 Å². The molecule has 0 spiro atoms. The van der Waals surface area contributed by atoms with E-state index in [1.165, 1.54) is 4.88 Å². The molecule has 3 nitrogen and oxygen atoms in total. The Kier molecular flexibility index (Phi) is 3.51. The Hall–Kier alpha value is -1.78. The molecule has 0 unspecified atom stereocenters. The molecule has 2 heterocycles. The third-order valence-electron chi connectivity index (χ3n) is 3.05. The highest BCUT2D eigenvalue weighted by atomic mass is 35.5. The second-order valence-corrected chi connectivity index (χ2v) is 6.33. The molecule has 0 bridgehead atoms. The SMILES string of the molecule is Cc1ccc(-c2nn(Cc3ccccc3Cl)cc2N)s1. The lowest BCUT2D eigenvalue weighted by atomic mass is 10.2. The van der Waals surface area contributed by atoms with Crippen molar-refractivity contribution in [2.45, 2.75) is 13.5 Å². The number of aryl methyl sites for hydroxylation is 1. The molecule has 0 aliphatic heterocycles. The standard InChI is InChI=1S/C15H14ClN3S/c1-10-6-7-14(20-10)15-13(17)9-19(18-15)8-11-4-2-3-5-12(11)16/h2-7,9H,8,17H2,1H3. The number of hydrogen-bond acceptors (Lipinski definition) is 3. The zero-order valence-electron chi connectivity index (χ0n) is 11.0. The smallest absolute Gasteiger partial charge is 0.125 e. The Morgan fingerprint density at radius 2 is 2.05 bits per heavy atom. The van der Waals surface area contributed by atoms with E-state index < -0.39 is 0 Å². The van der Waals surface area contributed by atoms with Gasteiger partial charge >= 0.3 is 0 Å². The van der Waals surface area contributed by atoms with Gasteiger partial charge in [-0.1, -0.05) is 29.8 Å². The predicted molar refractivity (Wildman–Crippen MR) is 85.2 cm³/mol. The second-order valence-electron chi connectivity index (χ2n) is 4.63. The van der Waals surface area contributed by atoms with Crippen LogP contribution in [0.25, 0.3) is 10.6 Å². The van der Waals surface area contributed by atoms with Gasteiger partial charge in [-0.2, -0.15) is 5.10 Å². The van der Waals surface area contributed by atoms with Gasteiger partial charge in [0.05, 0.1) is 17.1 Å². The van der Waals surface area contributed by atoms with Crippen molar-refractivity contribution in [3.8, 4) is 10.6 Å². The molecule has 0 fully saturated rings. The van der Waals surface area contributed by atoms with Crippen molar-refractivity contribution < 1.29 is 0 Å². The molecule has 2 N–H and O–H groups in total. The zero-order valence-corrected chi connectivity index (χ0v) is 12.6. The van der Waals surface area contributed by atoms with Crippen molar-refractivity contribution in [3.63, 3.8) is 0 Å². The minimum atomic E-state index is 0.619. The highest BCUT2D eigenvalue weighted by Crippen LogP contribution is 2.30. The summed E-state index contributed by atoms with van der Waals surface area (Å²) in [6, 6.07) is 11.9. The summed E-state index contributed by atoms with van der Waals surface area (Å²) in [6.07, 6.45) is 1.85. The first-order chi connectivity index (χ1) is 9.63. The Balaban J connectivity index is 1.91. The maximum atomic E-state index is 6.17. The van der Waals surface area contributed by atoms with E-state index in [2.05, 4.69) is 24.2 Å². The van der Waals surface area contributed by atoms with Crippen LogP contribution >= 0.6 is 22.9 Å². The van der Waals surface area contributed by atoms with Crippen molar-refractivity contribution >= 4 is 28.6 Å². The number of halogens is 1. The van der Waals surface area contributed by atoms with Crippen molar-refractivity contribution in [2.75, 3.05) is 5.73 Å². The van der Waals surface area contributed by atoms with Gasteiger partial charge < -0.3 is 5.73 Å². The van der Waals surface area contributed by atoms with Crippen LogP contribution in [0.3, 0.4) is 0 Å². The second kappa shape index (κ2) is 5.31. The van der Waals surface area contributed by atoms with Crippen LogP contribution in [0, 0.1) is 6.92 Å². The normalized spacial score (nSPS) is 10.9. The number of nitrogen functional groups attached to an aromatic ring is 1. The quantitative estimate of drug-likeness (QED) is 0.788. The molecule has 3 rings (SSSR count). The molecule has 0 amide bonds. The molecule has 5 heteroatoms. The lowest BCUT2D eigenvalue weighted by molar-refractivity contribution is 0.690. The van der Waals surface area contributed by atoms with Gasteiger partial charge in [-0.3, -0.25) is 4.68 Å². The summed E-state index contributed by atoms with van der Waals surface area (Å²) in [5, 5.41) is 5.32. The number of nitrogens with two attached hydrogens (primary N) is 1. The first-order valence-electron chi connectivity index (χ1n) is 6.26. The Morgan fingerprint density at radius 3 is 2.75 bits per heavy atom. The highest BCUT2D eigenvalue weighted by Gasteiger charge is 2.11. The van der Waals surface area contributed by atoms with Gasteiger partial charge in [-0.15, -0.1) is 11.3 Å². The van der Waals surface area contributed by atoms with Crippen molar-refractivity contribution in [2.24, 2.45) is 0 Å². The molecule has 2 aromatic heterocycles. The molecule has 102 valence electrons. The first-order valence-corrected chi connectivity index (χ1v) is 7.46. The summed E-state index contributed by atoms with van der Waals surface area (Å²) in [6.45, 7) is 2.69. The number of thiophene rings is 1. The highest BCUT2D eigenvalue weighted by molar-refractivity contribution is 7.15. The Bertz CT molecular complexity index is 745. The van der Waals surface area contributed by atoms with Gasteiger partial charge in [-0.05, 0) is 30.7 Å². The number of anilines is 1. The Labute approximate surface area is 126 Å². The third kappa shape index (κ3) is 2.57. The van der Waals surface area contributed by atoms with E-state index in [1.807, 2.05) is 35.1 Å². The molecule has 0 saturated carbocycles. The summed E-state index contributed by atoms with van der Waals surface area (Å²) in [4.78, 5) is 2.35. The van der Waals surface area contributed by atoms with Crippen LogP contribution in [0.1, 0.15) is 10.4 Å². The molecular formula is C15H14ClN3S. The van der Waals surface area contributed by atoms with E-state index in [1.54, 1.807) is 11.3 Å². The lowest BCUT2D eigenvalue weighted by Crippen LogP contribution is -2.00. The van der Waals surface area contributed by atoms with Crippen LogP contribution in [0.4, 0.5) is 5.69 Å².